The molecule has 0 heterocycles. The van der Waals surface area contributed by atoms with Gasteiger partial charge in [-0.1, -0.05) is 19.6 Å². The van der Waals surface area contributed by atoms with Gasteiger partial charge in [0.2, 0.25) is 0 Å². The van der Waals surface area contributed by atoms with E-state index in [-0.39, 0.29) is 38.1 Å². The minimum Gasteiger partial charge on any atom is -0.544 e. The first kappa shape index (κ1) is 21.9. The topological polar surface area (TPSA) is 66.4 Å². The van der Waals surface area contributed by atoms with Crippen molar-refractivity contribution in [3.63, 3.8) is 0 Å². The van der Waals surface area contributed by atoms with Gasteiger partial charge in [-0.05, 0) is 18.9 Å². The van der Waals surface area contributed by atoms with Crippen molar-refractivity contribution in [3.05, 3.63) is 0 Å². The Bertz CT molecular complexity index is 319. The van der Waals surface area contributed by atoms with E-state index in [1.54, 1.807) is 0 Å². The van der Waals surface area contributed by atoms with E-state index in [0.29, 0.717) is 6.61 Å². The largest absolute Gasteiger partial charge is 1.00 e. The maximum absolute atomic E-state index is 12.6. The standard InChI is InChI=1S/C12H22F2O4Si.Li/c1-19(2,3)9-8-18-10(15)6-4-5-7-12(13,14)11(16)17;/h4-9H2,1-3H3,(H,16,17);/q;+1/p-1. The molecule has 0 N–H and O–H groups in total. The first-order chi connectivity index (χ1) is 8.54. The van der Waals surface area contributed by atoms with E-state index in [2.05, 4.69) is 19.6 Å². The second-order valence-electron chi connectivity index (χ2n) is 5.73. The smallest absolute Gasteiger partial charge is 0.544 e. The average Bonchev–Trinajstić information content (AvgIpc) is 2.22. The number of carbonyl (C=O) groups is 2. The molecule has 0 aromatic rings. The van der Waals surface area contributed by atoms with Crippen molar-refractivity contribution in [3.8, 4) is 0 Å². The van der Waals surface area contributed by atoms with Gasteiger partial charge in [-0.3, -0.25) is 4.79 Å². The number of rotatable bonds is 9. The van der Waals surface area contributed by atoms with Gasteiger partial charge in [-0.25, -0.2) is 8.78 Å². The molecule has 0 amide bonds. The number of carboxylic acids is 1. The van der Waals surface area contributed by atoms with E-state index < -0.39 is 32.4 Å². The molecule has 0 saturated carbocycles. The summed E-state index contributed by atoms with van der Waals surface area (Å²) in [5.41, 5.74) is 0. The Labute approximate surface area is 131 Å². The van der Waals surface area contributed by atoms with Crippen molar-refractivity contribution in [2.75, 3.05) is 6.61 Å². The van der Waals surface area contributed by atoms with Crippen LogP contribution in [-0.2, 0) is 14.3 Å². The molecule has 0 saturated heterocycles. The van der Waals surface area contributed by atoms with Gasteiger partial charge in [0, 0.05) is 20.9 Å². The Morgan fingerprint density at radius 2 is 1.75 bits per heavy atom. The van der Waals surface area contributed by atoms with E-state index in [4.69, 9.17) is 4.74 Å². The molecule has 20 heavy (non-hydrogen) atoms. The second kappa shape index (κ2) is 9.53. The summed E-state index contributed by atoms with van der Waals surface area (Å²) in [5, 5.41) is 10.0. The van der Waals surface area contributed by atoms with E-state index in [1.165, 1.54) is 0 Å². The number of unbranched alkanes of at least 4 members (excludes halogenated alkanes) is 1. The molecule has 4 nitrogen and oxygen atoms in total. The molecule has 0 aliphatic rings. The zero-order valence-corrected chi connectivity index (χ0v) is 13.6. The summed E-state index contributed by atoms with van der Waals surface area (Å²) >= 11 is 0. The maximum Gasteiger partial charge on any atom is 1.00 e. The quantitative estimate of drug-likeness (QED) is 0.305. The molecule has 0 bridgehead atoms. The van der Waals surface area contributed by atoms with Crippen molar-refractivity contribution < 1.29 is 47.1 Å². The molecular formula is C12H21F2LiO4Si. The third-order valence-corrected chi connectivity index (χ3v) is 4.24. The minimum atomic E-state index is -3.82. The Morgan fingerprint density at radius 1 is 1.20 bits per heavy atom. The van der Waals surface area contributed by atoms with Crippen molar-refractivity contribution in [2.45, 2.75) is 57.3 Å². The molecular weight excluding hydrogens is 281 g/mol. The van der Waals surface area contributed by atoms with Gasteiger partial charge < -0.3 is 14.6 Å². The third-order valence-electron chi connectivity index (χ3n) is 2.54. The molecule has 0 radical (unpaired) electrons. The van der Waals surface area contributed by atoms with Gasteiger partial charge in [0.25, 0.3) is 5.92 Å². The maximum atomic E-state index is 12.6. The summed E-state index contributed by atoms with van der Waals surface area (Å²) in [6, 6.07) is 0.863. The van der Waals surface area contributed by atoms with Crippen LogP contribution in [-0.4, -0.2) is 32.5 Å². The predicted molar refractivity (Wildman–Crippen MR) is 67.5 cm³/mol. The van der Waals surface area contributed by atoms with Gasteiger partial charge in [-0.2, -0.15) is 0 Å². The van der Waals surface area contributed by atoms with Gasteiger partial charge >= 0.3 is 24.8 Å². The normalized spacial score (nSPS) is 11.7. The molecule has 0 aliphatic heterocycles. The predicted octanol–water partition coefficient (Wildman–Crippen LogP) is -1.18. The number of esters is 1. The van der Waals surface area contributed by atoms with E-state index in [9.17, 15) is 23.5 Å². The fourth-order valence-electron chi connectivity index (χ4n) is 1.26. The average molecular weight is 302 g/mol. The van der Waals surface area contributed by atoms with Crippen LogP contribution in [0.4, 0.5) is 8.78 Å². The summed E-state index contributed by atoms with van der Waals surface area (Å²) < 4.78 is 30.2. The zero-order valence-electron chi connectivity index (χ0n) is 12.6. The van der Waals surface area contributed by atoms with Gasteiger partial charge in [0.15, 0.2) is 0 Å². The van der Waals surface area contributed by atoms with Crippen LogP contribution >= 0.6 is 0 Å². The molecule has 0 aromatic carbocycles. The fourth-order valence-corrected chi connectivity index (χ4v) is 1.98. The Kier molecular flexibility index (Phi) is 10.4. The SMILES string of the molecule is C[Si](C)(C)CCOC(=O)CCCCC(F)(F)C(=O)[O-].[Li+]. The molecule has 8 heteroatoms. The number of hydrogen-bond donors (Lipinski definition) is 0. The van der Waals surface area contributed by atoms with Gasteiger partial charge in [0.1, 0.15) is 5.97 Å². The molecule has 0 rings (SSSR count). The first-order valence-electron chi connectivity index (χ1n) is 6.29. The number of carbonyl (C=O) groups excluding carboxylic acids is 2. The van der Waals surface area contributed by atoms with Crippen molar-refractivity contribution in [1.82, 2.24) is 0 Å². The second-order valence-corrected chi connectivity index (χ2v) is 11.4. The molecule has 0 atom stereocenters. The van der Waals surface area contributed by atoms with Crippen LogP contribution in [0.25, 0.3) is 0 Å². The van der Waals surface area contributed by atoms with Crippen LogP contribution in [0, 0.1) is 0 Å². The summed E-state index contributed by atoms with van der Waals surface area (Å²) in [6.07, 6.45) is -0.634. The molecule has 0 aliphatic carbocycles. The molecule has 112 valence electrons. The van der Waals surface area contributed by atoms with E-state index >= 15 is 0 Å². The van der Waals surface area contributed by atoms with Crippen molar-refractivity contribution in [2.24, 2.45) is 0 Å². The monoisotopic (exact) mass is 302 g/mol. The van der Waals surface area contributed by atoms with Crippen LogP contribution in [0.1, 0.15) is 25.7 Å². The zero-order chi connectivity index (χ0) is 15.1. The summed E-state index contributed by atoms with van der Waals surface area (Å²) in [4.78, 5) is 21.3. The Morgan fingerprint density at radius 3 is 2.20 bits per heavy atom. The number of aliphatic carboxylic acids is 1. The third kappa shape index (κ3) is 11.4. The van der Waals surface area contributed by atoms with Crippen LogP contribution in [0.15, 0.2) is 0 Å². The molecule has 0 unspecified atom stereocenters. The summed E-state index contributed by atoms with van der Waals surface area (Å²) in [5.74, 6) is -6.61. The fraction of sp³-hybridized carbons (Fsp3) is 0.833. The van der Waals surface area contributed by atoms with Crippen LogP contribution in [0.2, 0.25) is 25.7 Å². The number of ether oxygens (including phenoxy) is 1. The molecule has 0 aromatic heterocycles. The van der Waals surface area contributed by atoms with Crippen LogP contribution in [0.3, 0.4) is 0 Å². The van der Waals surface area contributed by atoms with E-state index in [0.717, 1.165) is 6.04 Å². The van der Waals surface area contributed by atoms with Crippen LogP contribution < -0.4 is 24.0 Å². The summed E-state index contributed by atoms with van der Waals surface area (Å²) in [7, 11) is -1.25. The van der Waals surface area contributed by atoms with Crippen molar-refractivity contribution >= 4 is 20.0 Å². The number of hydrogen-bond acceptors (Lipinski definition) is 4. The van der Waals surface area contributed by atoms with E-state index in [1.807, 2.05) is 0 Å². The Balaban J connectivity index is 0. The Hall–Kier alpha value is -0.386. The van der Waals surface area contributed by atoms with Gasteiger partial charge in [-0.15, -0.1) is 0 Å². The molecule has 0 fully saturated rings. The summed E-state index contributed by atoms with van der Waals surface area (Å²) in [6.45, 7) is 6.83. The minimum absolute atomic E-state index is 0. The number of halogens is 2. The number of carboxylic acid groups (broad SMARTS) is 1. The number of alkyl halides is 2. The molecule has 0 spiro atoms. The van der Waals surface area contributed by atoms with Crippen molar-refractivity contribution in [1.29, 1.82) is 0 Å². The van der Waals surface area contributed by atoms with Crippen LogP contribution in [0.5, 0.6) is 0 Å². The van der Waals surface area contributed by atoms with Gasteiger partial charge in [0.05, 0.1) is 6.61 Å². The first-order valence-corrected chi connectivity index (χ1v) is 10.0.